The molecule has 1 aromatic rings. The zero-order valence-corrected chi connectivity index (χ0v) is 15.2. The van der Waals surface area contributed by atoms with Crippen LogP contribution in [0.4, 0.5) is 0 Å². The highest BCUT2D eigenvalue weighted by Crippen LogP contribution is 2.24. The summed E-state index contributed by atoms with van der Waals surface area (Å²) in [5, 5.41) is 3.57. The van der Waals surface area contributed by atoms with Crippen molar-refractivity contribution in [2.24, 2.45) is 5.92 Å². The molecule has 21 heavy (non-hydrogen) atoms. The second-order valence-corrected chi connectivity index (χ2v) is 7.15. The molecule has 1 N–H and O–H groups in total. The summed E-state index contributed by atoms with van der Waals surface area (Å²) in [6.07, 6.45) is 0. The summed E-state index contributed by atoms with van der Waals surface area (Å²) in [5.74, 6) is 1.87. The summed E-state index contributed by atoms with van der Waals surface area (Å²) in [6, 6.07) is 6.84. The maximum Gasteiger partial charge on any atom is 0.0216 e. The molecule has 3 heteroatoms. The van der Waals surface area contributed by atoms with Crippen LogP contribution in [0.15, 0.2) is 23.1 Å². The minimum Gasteiger partial charge on any atom is -0.312 e. The predicted molar refractivity (Wildman–Crippen MR) is 96.2 cm³/mol. The number of thioether (sulfide) groups is 1. The van der Waals surface area contributed by atoms with Gasteiger partial charge in [-0.15, -0.1) is 11.8 Å². The van der Waals surface area contributed by atoms with Gasteiger partial charge >= 0.3 is 0 Å². The molecule has 0 saturated heterocycles. The molecule has 2 nitrogen and oxygen atoms in total. The van der Waals surface area contributed by atoms with Crippen LogP contribution >= 0.6 is 11.8 Å². The highest BCUT2D eigenvalue weighted by atomic mass is 32.2. The largest absolute Gasteiger partial charge is 0.312 e. The van der Waals surface area contributed by atoms with Gasteiger partial charge in [-0.1, -0.05) is 45.4 Å². The average molecular weight is 309 g/mol. The third-order valence-electron chi connectivity index (χ3n) is 3.64. The lowest BCUT2D eigenvalue weighted by Crippen LogP contribution is -2.25. The highest BCUT2D eigenvalue weighted by Gasteiger charge is 2.06. The van der Waals surface area contributed by atoms with Gasteiger partial charge in [0, 0.05) is 23.7 Å². The Hall–Kier alpha value is -0.510. The van der Waals surface area contributed by atoms with Crippen molar-refractivity contribution in [3.05, 3.63) is 29.3 Å². The van der Waals surface area contributed by atoms with Crippen molar-refractivity contribution in [3.63, 3.8) is 0 Å². The maximum atomic E-state index is 3.57. The van der Waals surface area contributed by atoms with Gasteiger partial charge in [0.2, 0.25) is 0 Å². The number of aryl methyl sites for hydroxylation is 1. The summed E-state index contributed by atoms with van der Waals surface area (Å²) >= 11 is 1.99. The fourth-order valence-electron chi connectivity index (χ4n) is 2.31. The van der Waals surface area contributed by atoms with E-state index in [0.29, 0.717) is 5.92 Å². The van der Waals surface area contributed by atoms with Gasteiger partial charge in [0.1, 0.15) is 0 Å². The molecule has 0 fully saturated rings. The molecule has 0 radical (unpaired) electrons. The highest BCUT2D eigenvalue weighted by molar-refractivity contribution is 7.99. The molecule has 120 valence electrons. The summed E-state index contributed by atoms with van der Waals surface area (Å²) in [5.41, 5.74) is 2.80. The first-order valence-electron chi connectivity index (χ1n) is 8.22. The molecule has 0 heterocycles. The third kappa shape index (κ3) is 7.35. The third-order valence-corrected chi connectivity index (χ3v) is 4.74. The van der Waals surface area contributed by atoms with Crippen LogP contribution < -0.4 is 5.32 Å². The van der Waals surface area contributed by atoms with E-state index < -0.39 is 0 Å². The van der Waals surface area contributed by atoms with Crippen LogP contribution in [-0.4, -0.2) is 36.8 Å². The van der Waals surface area contributed by atoms with Crippen LogP contribution in [0, 0.1) is 12.8 Å². The van der Waals surface area contributed by atoms with Gasteiger partial charge in [-0.2, -0.15) is 0 Å². The van der Waals surface area contributed by atoms with E-state index in [2.05, 4.69) is 63.0 Å². The van der Waals surface area contributed by atoms with Gasteiger partial charge in [0.25, 0.3) is 0 Å². The molecule has 0 spiro atoms. The Balaban J connectivity index is 2.55. The minimum atomic E-state index is 0.702. The summed E-state index contributed by atoms with van der Waals surface area (Å²) < 4.78 is 0. The van der Waals surface area contributed by atoms with Crippen molar-refractivity contribution in [2.45, 2.75) is 46.1 Å². The van der Waals surface area contributed by atoms with Crippen LogP contribution in [0.1, 0.15) is 38.8 Å². The van der Waals surface area contributed by atoms with Gasteiger partial charge in [0.15, 0.2) is 0 Å². The SMILES string of the molecule is CCN(CC)CCSc1ccc(C)cc1CNCC(C)C. The molecular formula is C18H32N2S. The van der Waals surface area contributed by atoms with Crippen LogP contribution in [-0.2, 0) is 6.54 Å². The zero-order chi connectivity index (χ0) is 15.7. The van der Waals surface area contributed by atoms with Crippen LogP contribution in [0.3, 0.4) is 0 Å². The standard InChI is InChI=1S/C18H32N2S/c1-6-20(7-2)10-11-21-18-9-8-16(5)12-17(18)14-19-13-15(3)4/h8-9,12,15,19H,6-7,10-11,13-14H2,1-5H3. The number of rotatable bonds is 10. The molecule has 0 unspecified atom stereocenters. The molecule has 1 aromatic carbocycles. The van der Waals surface area contributed by atoms with Crippen LogP contribution in [0.5, 0.6) is 0 Å². The van der Waals surface area contributed by atoms with Crippen molar-refractivity contribution in [2.75, 3.05) is 31.9 Å². The number of hydrogen-bond acceptors (Lipinski definition) is 3. The average Bonchev–Trinajstić information content (AvgIpc) is 2.45. The van der Waals surface area contributed by atoms with E-state index in [1.807, 2.05) is 11.8 Å². The Morgan fingerprint density at radius 1 is 1.19 bits per heavy atom. The van der Waals surface area contributed by atoms with E-state index in [1.165, 1.54) is 28.3 Å². The van der Waals surface area contributed by atoms with Gasteiger partial charge in [-0.25, -0.2) is 0 Å². The molecule has 0 aliphatic heterocycles. The molecule has 0 aromatic heterocycles. The molecule has 0 atom stereocenters. The molecule has 0 saturated carbocycles. The lowest BCUT2D eigenvalue weighted by molar-refractivity contribution is 0.324. The fraction of sp³-hybridized carbons (Fsp3) is 0.667. The van der Waals surface area contributed by atoms with E-state index >= 15 is 0 Å². The van der Waals surface area contributed by atoms with Gasteiger partial charge in [0.05, 0.1) is 0 Å². The normalized spacial score (nSPS) is 11.6. The first kappa shape index (κ1) is 18.5. The second-order valence-electron chi connectivity index (χ2n) is 6.01. The molecule has 0 amide bonds. The molecule has 0 aliphatic rings. The monoisotopic (exact) mass is 308 g/mol. The summed E-state index contributed by atoms with van der Waals surface area (Å²) in [6.45, 7) is 16.7. The predicted octanol–water partition coefficient (Wildman–Crippen LogP) is 4.17. The van der Waals surface area contributed by atoms with E-state index in [1.54, 1.807) is 0 Å². The Morgan fingerprint density at radius 3 is 2.52 bits per heavy atom. The van der Waals surface area contributed by atoms with E-state index in [4.69, 9.17) is 0 Å². The quantitative estimate of drug-likeness (QED) is 0.653. The Kier molecular flexibility index (Phi) is 9.05. The number of nitrogens with one attached hydrogen (secondary N) is 1. The molecule has 1 rings (SSSR count). The number of nitrogens with zero attached hydrogens (tertiary/aromatic N) is 1. The molecular weight excluding hydrogens is 276 g/mol. The van der Waals surface area contributed by atoms with Crippen molar-refractivity contribution >= 4 is 11.8 Å². The van der Waals surface area contributed by atoms with Gasteiger partial charge in [-0.05, 0) is 44.1 Å². The van der Waals surface area contributed by atoms with Crippen molar-refractivity contribution in [3.8, 4) is 0 Å². The van der Waals surface area contributed by atoms with Crippen molar-refractivity contribution in [1.82, 2.24) is 10.2 Å². The van der Waals surface area contributed by atoms with Crippen LogP contribution in [0.25, 0.3) is 0 Å². The minimum absolute atomic E-state index is 0.702. The Bertz CT molecular complexity index is 400. The molecule has 0 bridgehead atoms. The van der Waals surface area contributed by atoms with Crippen LogP contribution in [0.2, 0.25) is 0 Å². The van der Waals surface area contributed by atoms with Gasteiger partial charge in [-0.3, -0.25) is 0 Å². The van der Waals surface area contributed by atoms with Crippen molar-refractivity contribution in [1.29, 1.82) is 0 Å². The van der Waals surface area contributed by atoms with E-state index in [-0.39, 0.29) is 0 Å². The Labute approximate surface area is 135 Å². The second kappa shape index (κ2) is 10.3. The maximum absolute atomic E-state index is 3.57. The summed E-state index contributed by atoms with van der Waals surface area (Å²) in [7, 11) is 0. The van der Waals surface area contributed by atoms with E-state index in [9.17, 15) is 0 Å². The lowest BCUT2D eigenvalue weighted by atomic mass is 10.1. The summed E-state index contributed by atoms with van der Waals surface area (Å²) in [4.78, 5) is 3.92. The number of benzene rings is 1. The first-order valence-corrected chi connectivity index (χ1v) is 9.20. The van der Waals surface area contributed by atoms with E-state index in [0.717, 1.165) is 26.2 Å². The topological polar surface area (TPSA) is 15.3 Å². The lowest BCUT2D eigenvalue weighted by Gasteiger charge is -2.18. The fourth-order valence-corrected chi connectivity index (χ4v) is 3.36. The zero-order valence-electron chi connectivity index (χ0n) is 14.4. The molecule has 0 aliphatic carbocycles. The Morgan fingerprint density at radius 2 is 1.90 bits per heavy atom. The smallest absolute Gasteiger partial charge is 0.0216 e. The first-order chi connectivity index (χ1) is 10.1. The number of hydrogen-bond donors (Lipinski definition) is 1. The van der Waals surface area contributed by atoms with Gasteiger partial charge < -0.3 is 10.2 Å². The van der Waals surface area contributed by atoms with Crippen molar-refractivity contribution < 1.29 is 0 Å².